The number of hydrogen-bond acceptors (Lipinski definition) is 4. The highest BCUT2D eigenvalue weighted by molar-refractivity contribution is 7.80. The molecule has 0 saturated heterocycles. The zero-order valence-corrected chi connectivity index (χ0v) is 10.2. The second kappa shape index (κ2) is 5.73. The van der Waals surface area contributed by atoms with Crippen molar-refractivity contribution in [1.29, 1.82) is 0 Å². The number of aromatic nitrogens is 1. The zero-order chi connectivity index (χ0) is 12.1. The Morgan fingerprint density at radius 1 is 1.69 bits per heavy atom. The van der Waals surface area contributed by atoms with Gasteiger partial charge in [-0.1, -0.05) is 23.4 Å². The van der Waals surface area contributed by atoms with Crippen molar-refractivity contribution in [2.75, 3.05) is 5.75 Å². The Balaban J connectivity index is 3.20. The van der Waals surface area contributed by atoms with Gasteiger partial charge in [0.15, 0.2) is 0 Å². The summed E-state index contributed by atoms with van der Waals surface area (Å²) < 4.78 is 0. The number of nitro groups is 1. The monoisotopic (exact) mass is 256 g/mol. The molecule has 0 atom stereocenters. The third-order valence-corrected chi connectivity index (χ3v) is 2.40. The molecule has 1 heterocycles. The van der Waals surface area contributed by atoms with Crippen molar-refractivity contribution in [3.8, 4) is 11.8 Å². The highest BCUT2D eigenvalue weighted by atomic mass is 35.5. The molecule has 0 aromatic carbocycles. The number of nitrogens with zero attached hydrogens (tertiary/aromatic N) is 2. The predicted octanol–water partition coefficient (Wildman–Crippen LogP) is 2.62. The van der Waals surface area contributed by atoms with Gasteiger partial charge in [0.25, 0.3) is 0 Å². The molecule has 4 nitrogen and oxygen atoms in total. The van der Waals surface area contributed by atoms with Gasteiger partial charge >= 0.3 is 5.69 Å². The van der Waals surface area contributed by atoms with Crippen molar-refractivity contribution in [2.45, 2.75) is 13.3 Å². The van der Waals surface area contributed by atoms with E-state index in [9.17, 15) is 10.1 Å². The minimum absolute atomic E-state index is 0.109. The van der Waals surface area contributed by atoms with Crippen LogP contribution in [-0.4, -0.2) is 15.7 Å². The quantitative estimate of drug-likeness (QED) is 0.291. The maximum atomic E-state index is 10.7. The molecule has 1 aromatic heterocycles. The topological polar surface area (TPSA) is 56.0 Å². The lowest BCUT2D eigenvalue weighted by molar-refractivity contribution is -0.385. The maximum Gasteiger partial charge on any atom is 0.310 e. The van der Waals surface area contributed by atoms with E-state index >= 15 is 0 Å². The van der Waals surface area contributed by atoms with Crippen LogP contribution in [0.1, 0.15) is 17.5 Å². The van der Waals surface area contributed by atoms with E-state index in [0.29, 0.717) is 23.3 Å². The van der Waals surface area contributed by atoms with Gasteiger partial charge in [-0.2, -0.15) is 12.6 Å². The van der Waals surface area contributed by atoms with Crippen molar-refractivity contribution in [3.05, 3.63) is 32.6 Å². The summed E-state index contributed by atoms with van der Waals surface area (Å²) in [5.41, 5.74) is 0.786. The Bertz CT molecular complexity index is 480. The summed E-state index contributed by atoms with van der Waals surface area (Å²) in [5.74, 6) is 6.31. The van der Waals surface area contributed by atoms with E-state index in [1.807, 2.05) is 0 Å². The summed E-state index contributed by atoms with van der Waals surface area (Å²) in [6, 6.07) is 0. The number of rotatable bonds is 2. The van der Waals surface area contributed by atoms with Crippen molar-refractivity contribution in [2.24, 2.45) is 0 Å². The minimum atomic E-state index is -0.547. The van der Waals surface area contributed by atoms with Crippen LogP contribution < -0.4 is 0 Å². The average molecular weight is 257 g/mol. The Hall–Kier alpha value is -1.25. The van der Waals surface area contributed by atoms with Crippen molar-refractivity contribution < 1.29 is 4.92 Å². The molecule has 0 fully saturated rings. The molecule has 16 heavy (non-hydrogen) atoms. The van der Waals surface area contributed by atoms with Crippen molar-refractivity contribution >= 4 is 29.9 Å². The molecule has 0 N–H and O–H groups in total. The first-order valence-corrected chi connectivity index (χ1v) is 5.48. The number of hydrogen-bond donors (Lipinski definition) is 1. The van der Waals surface area contributed by atoms with Crippen LogP contribution >= 0.6 is 24.2 Å². The van der Waals surface area contributed by atoms with Gasteiger partial charge in [0.2, 0.25) is 5.15 Å². The van der Waals surface area contributed by atoms with Gasteiger partial charge in [-0.05, 0) is 6.92 Å². The van der Waals surface area contributed by atoms with E-state index in [1.54, 1.807) is 6.92 Å². The highest BCUT2D eigenvalue weighted by Gasteiger charge is 2.19. The number of halogens is 1. The van der Waals surface area contributed by atoms with Crippen LogP contribution in [0.15, 0.2) is 6.20 Å². The van der Waals surface area contributed by atoms with Crippen molar-refractivity contribution in [1.82, 2.24) is 4.98 Å². The van der Waals surface area contributed by atoms with Crippen LogP contribution in [0.4, 0.5) is 5.69 Å². The second-order valence-electron chi connectivity index (χ2n) is 2.97. The fourth-order valence-corrected chi connectivity index (χ4v) is 1.48. The summed E-state index contributed by atoms with van der Waals surface area (Å²) in [4.78, 5) is 13.9. The fourth-order valence-electron chi connectivity index (χ4n) is 1.11. The third kappa shape index (κ3) is 2.87. The largest absolute Gasteiger partial charge is 0.310 e. The van der Waals surface area contributed by atoms with E-state index in [-0.39, 0.29) is 10.8 Å². The van der Waals surface area contributed by atoms with Gasteiger partial charge in [-0.15, -0.1) is 0 Å². The molecule has 0 spiro atoms. The summed E-state index contributed by atoms with van der Waals surface area (Å²) in [7, 11) is 0. The van der Waals surface area contributed by atoms with E-state index in [2.05, 4.69) is 29.5 Å². The summed E-state index contributed by atoms with van der Waals surface area (Å²) in [6.07, 6.45) is 2.06. The highest BCUT2D eigenvalue weighted by Crippen LogP contribution is 2.27. The summed E-state index contributed by atoms with van der Waals surface area (Å²) >= 11 is 9.66. The van der Waals surface area contributed by atoms with Crippen LogP contribution in [0.2, 0.25) is 5.15 Å². The Labute approximate surface area is 104 Å². The molecular weight excluding hydrogens is 248 g/mol. The predicted molar refractivity (Wildman–Crippen MR) is 66.0 cm³/mol. The van der Waals surface area contributed by atoms with Gasteiger partial charge in [-0.25, -0.2) is 4.98 Å². The van der Waals surface area contributed by atoms with Crippen molar-refractivity contribution in [3.63, 3.8) is 0 Å². The first-order valence-electron chi connectivity index (χ1n) is 4.47. The number of thiol groups is 1. The molecule has 0 aliphatic rings. The molecule has 84 valence electrons. The molecule has 1 aromatic rings. The van der Waals surface area contributed by atoms with Crippen LogP contribution in [0.3, 0.4) is 0 Å². The minimum Gasteiger partial charge on any atom is -0.258 e. The molecule has 6 heteroatoms. The molecule has 0 bridgehead atoms. The van der Waals surface area contributed by atoms with Gasteiger partial charge < -0.3 is 0 Å². The molecule has 0 aliphatic carbocycles. The SMILES string of the molecule is Cc1c(C#CCCS)cnc(Cl)c1[N+](=O)[O-]. The fraction of sp³-hybridized carbons (Fsp3) is 0.300. The second-order valence-corrected chi connectivity index (χ2v) is 3.77. The Morgan fingerprint density at radius 3 is 2.94 bits per heavy atom. The molecule has 0 amide bonds. The van der Waals surface area contributed by atoms with Crippen LogP contribution in [0.5, 0.6) is 0 Å². The third-order valence-electron chi connectivity index (χ3n) is 1.90. The van der Waals surface area contributed by atoms with Crippen LogP contribution in [0.25, 0.3) is 0 Å². The Kier molecular flexibility index (Phi) is 4.59. The lowest BCUT2D eigenvalue weighted by atomic mass is 10.1. The molecular formula is C10H9ClN2O2S. The molecule has 0 unspecified atom stereocenters. The summed E-state index contributed by atoms with van der Waals surface area (Å²) in [5, 5.41) is 10.6. The van der Waals surface area contributed by atoms with Gasteiger partial charge in [-0.3, -0.25) is 10.1 Å². The lowest BCUT2D eigenvalue weighted by Gasteiger charge is -2.00. The van der Waals surface area contributed by atoms with Crippen LogP contribution in [0, 0.1) is 28.9 Å². The lowest BCUT2D eigenvalue weighted by Crippen LogP contribution is -1.97. The average Bonchev–Trinajstić information content (AvgIpc) is 2.21. The first kappa shape index (κ1) is 12.8. The maximum absolute atomic E-state index is 10.7. The first-order chi connectivity index (χ1) is 7.57. The normalized spacial score (nSPS) is 9.44. The molecule has 0 radical (unpaired) electrons. The van der Waals surface area contributed by atoms with E-state index in [1.165, 1.54) is 6.20 Å². The summed E-state index contributed by atoms with van der Waals surface area (Å²) in [6.45, 7) is 1.61. The molecule has 0 saturated carbocycles. The Morgan fingerprint density at radius 2 is 2.38 bits per heavy atom. The van der Waals surface area contributed by atoms with Gasteiger partial charge in [0, 0.05) is 23.9 Å². The van der Waals surface area contributed by atoms with Gasteiger partial charge in [0.05, 0.1) is 10.5 Å². The van der Waals surface area contributed by atoms with E-state index in [0.717, 1.165) is 0 Å². The van der Waals surface area contributed by atoms with Crippen LogP contribution in [-0.2, 0) is 0 Å². The zero-order valence-electron chi connectivity index (χ0n) is 8.53. The standard InChI is InChI=1S/C10H9ClN2O2S/c1-7-8(4-2-3-5-16)6-12-10(11)9(7)13(14)15/h6,16H,3,5H2,1H3. The molecule has 1 rings (SSSR count). The smallest absolute Gasteiger partial charge is 0.258 e. The van der Waals surface area contributed by atoms with E-state index < -0.39 is 4.92 Å². The van der Waals surface area contributed by atoms with Gasteiger partial charge in [0.1, 0.15) is 0 Å². The number of pyridine rings is 1. The van der Waals surface area contributed by atoms with E-state index in [4.69, 9.17) is 11.6 Å². The molecule has 0 aliphatic heterocycles.